The van der Waals surface area contributed by atoms with E-state index in [0.29, 0.717) is 6.04 Å². The van der Waals surface area contributed by atoms with Crippen molar-refractivity contribution in [3.8, 4) is 0 Å². The highest BCUT2D eigenvalue weighted by Crippen LogP contribution is 2.29. The summed E-state index contributed by atoms with van der Waals surface area (Å²) in [7, 11) is 2.20. The first kappa shape index (κ1) is 12.6. The molecule has 1 unspecified atom stereocenters. The minimum Gasteiger partial charge on any atom is -0.304 e. The molecule has 17 heavy (non-hydrogen) atoms. The summed E-state index contributed by atoms with van der Waals surface area (Å²) in [6.45, 7) is 11.3. The van der Waals surface area contributed by atoms with Crippen LogP contribution < -0.4 is 0 Å². The molecule has 0 saturated carbocycles. The second-order valence-corrected chi connectivity index (χ2v) is 6.27. The highest BCUT2D eigenvalue weighted by Gasteiger charge is 2.28. The first-order valence-electron chi connectivity index (χ1n) is 6.69. The molecule has 1 aromatic rings. The topological polar surface area (TPSA) is 21.1 Å². The lowest BCUT2D eigenvalue weighted by atomic mass is 9.91. The lowest BCUT2D eigenvalue weighted by Gasteiger charge is -2.23. The Morgan fingerprint density at radius 3 is 2.59 bits per heavy atom. The number of likely N-dealkylation sites (tertiary alicyclic amines) is 1. The maximum absolute atomic E-state index is 4.80. The van der Waals surface area contributed by atoms with Crippen LogP contribution in [0.4, 0.5) is 0 Å². The molecule has 1 aliphatic heterocycles. The first-order valence-corrected chi connectivity index (χ1v) is 6.69. The van der Waals surface area contributed by atoms with Gasteiger partial charge in [0.1, 0.15) is 0 Å². The number of aromatic nitrogens is 2. The second-order valence-electron chi connectivity index (χ2n) is 6.27. The number of aryl methyl sites for hydroxylation is 1. The molecule has 96 valence electrons. The third kappa shape index (κ3) is 2.54. The van der Waals surface area contributed by atoms with Gasteiger partial charge in [0.05, 0.1) is 11.7 Å². The molecule has 2 rings (SSSR count). The molecule has 1 aliphatic rings. The molecule has 1 fully saturated rings. The van der Waals surface area contributed by atoms with Crippen LogP contribution in [0, 0.1) is 0 Å². The molecule has 0 N–H and O–H groups in total. The van der Waals surface area contributed by atoms with Crippen molar-refractivity contribution in [2.24, 2.45) is 0 Å². The van der Waals surface area contributed by atoms with Gasteiger partial charge in [0.25, 0.3) is 0 Å². The predicted octanol–water partition coefficient (Wildman–Crippen LogP) is 2.62. The van der Waals surface area contributed by atoms with Crippen LogP contribution in [0.2, 0.25) is 0 Å². The summed E-state index contributed by atoms with van der Waals surface area (Å²) in [6, 6.07) is 2.85. The van der Waals surface area contributed by atoms with Crippen molar-refractivity contribution >= 4 is 0 Å². The van der Waals surface area contributed by atoms with Crippen molar-refractivity contribution in [3.63, 3.8) is 0 Å². The Bertz CT molecular complexity index is 387. The van der Waals surface area contributed by atoms with Gasteiger partial charge in [-0.15, -0.1) is 0 Å². The minimum atomic E-state index is 0.182. The highest BCUT2D eigenvalue weighted by molar-refractivity contribution is 5.19. The second kappa shape index (κ2) is 4.45. The van der Waals surface area contributed by atoms with Crippen LogP contribution >= 0.6 is 0 Å². The van der Waals surface area contributed by atoms with Crippen LogP contribution in [0.15, 0.2) is 6.07 Å². The fourth-order valence-electron chi connectivity index (χ4n) is 2.57. The largest absolute Gasteiger partial charge is 0.304 e. The average molecular weight is 235 g/mol. The molecule has 0 aliphatic carbocycles. The summed E-state index contributed by atoms with van der Waals surface area (Å²) in [4.78, 5) is 2.39. The summed E-state index contributed by atoms with van der Waals surface area (Å²) < 4.78 is 2.29. The van der Waals surface area contributed by atoms with Gasteiger partial charge in [-0.25, -0.2) is 0 Å². The summed E-state index contributed by atoms with van der Waals surface area (Å²) >= 11 is 0. The van der Waals surface area contributed by atoms with E-state index in [9.17, 15) is 0 Å². The van der Waals surface area contributed by atoms with E-state index in [-0.39, 0.29) is 5.41 Å². The van der Waals surface area contributed by atoms with Crippen molar-refractivity contribution < 1.29 is 0 Å². The SMILES string of the molecule is CCc1cc(C(C)(C)C)n(C2CCN(C)C2)n1. The zero-order valence-electron chi connectivity index (χ0n) is 11.8. The van der Waals surface area contributed by atoms with Gasteiger partial charge in [-0.3, -0.25) is 4.68 Å². The van der Waals surface area contributed by atoms with Gasteiger partial charge >= 0.3 is 0 Å². The molecule has 1 atom stereocenters. The van der Waals surface area contributed by atoms with Crippen molar-refractivity contribution in [3.05, 3.63) is 17.5 Å². The van der Waals surface area contributed by atoms with E-state index < -0.39 is 0 Å². The Hall–Kier alpha value is -0.830. The van der Waals surface area contributed by atoms with Crippen LogP contribution in [0.1, 0.15) is 51.5 Å². The third-order valence-corrected chi connectivity index (χ3v) is 3.63. The van der Waals surface area contributed by atoms with Crippen LogP contribution in [-0.2, 0) is 11.8 Å². The van der Waals surface area contributed by atoms with Gasteiger partial charge in [0.15, 0.2) is 0 Å². The molecular formula is C14H25N3. The maximum Gasteiger partial charge on any atom is 0.0661 e. The number of nitrogens with zero attached hydrogens (tertiary/aromatic N) is 3. The molecule has 3 heteroatoms. The van der Waals surface area contributed by atoms with E-state index in [1.54, 1.807) is 0 Å². The van der Waals surface area contributed by atoms with Gasteiger partial charge in [-0.2, -0.15) is 5.10 Å². The van der Waals surface area contributed by atoms with E-state index in [4.69, 9.17) is 5.10 Å². The molecule has 0 aromatic carbocycles. The summed E-state index contributed by atoms with van der Waals surface area (Å²) in [5.74, 6) is 0. The zero-order valence-corrected chi connectivity index (χ0v) is 11.8. The Kier molecular flexibility index (Phi) is 3.30. The molecular weight excluding hydrogens is 210 g/mol. The minimum absolute atomic E-state index is 0.182. The molecule has 0 spiro atoms. The lowest BCUT2D eigenvalue weighted by molar-refractivity contribution is 0.365. The number of rotatable bonds is 2. The van der Waals surface area contributed by atoms with Crippen LogP contribution in [0.5, 0.6) is 0 Å². The van der Waals surface area contributed by atoms with Crippen molar-refractivity contribution in [2.45, 2.75) is 52.0 Å². The Morgan fingerprint density at radius 2 is 2.12 bits per heavy atom. The highest BCUT2D eigenvalue weighted by atomic mass is 15.3. The molecule has 1 saturated heterocycles. The quantitative estimate of drug-likeness (QED) is 0.785. The number of likely N-dealkylation sites (N-methyl/N-ethyl adjacent to an activating group) is 1. The van der Waals surface area contributed by atoms with Crippen LogP contribution in [0.25, 0.3) is 0 Å². The Labute approximate surface area is 105 Å². The normalized spacial score (nSPS) is 22.3. The maximum atomic E-state index is 4.80. The molecule has 2 heterocycles. The molecule has 0 bridgehead atoms. The summed E-state index contributed by atoms with van der Waals surface area (Å²) in [5.41, 5.74) is 2.79. The average Bonchev–Trinajstić information content (AvgIpc) is 2.81. The van der Waals surface area contributed by atoms with Gasteiger partial charge in [0.2, 0.25) is 0 Å². The van der Waals surface area contributed by atoms with Gasteiger partial charge in [-0.05, 0) is 32.5 Å². The monoisotopic (exact) mass is 235 g/mol. The summed E-state index contributed by atoms with van der Waals surface area (Å²) in [6.07, 6.45) is 2.25. The van der Waals surface area contributed by atoms with E-state index >= 15 is 0 Å². The number of hydrogen-bond acceptors (Lipinski definition) is 2. The molecule has 1 aromatic heterocycles. The first-order chi connectivity index (χ1) is 7.91. The Balaban J connectivity index is 2.35. The van der Waals surface area contributed by atoms with Crippen molar-refractivity contribution in [1.82, 2.24) is 14.7 Å². The molecule has 3 nitrogen and oxygen atoms in total. The molecule has 0 radical (unpaired) electrons. The van der Waals surface area contributed by atoms with E-state index in [2.05, 4.69) is 50.4 Å². The third-order valence-electron chi connectivity index (χ3n) is 3.63. The smallest absolute Gasteiger partial charge is 0.0661 e. The van der Waals surface area contributed by atoms with Crippen LogP contribution in [0.3, 0.4) is 0 Å². The van der Waals surface area contributed by atoms with Gasteiger partial charge in [-0.1, -0.05) is 27.7 Å². The molecule has 0 amide bonds. The van der Waals surface area contributed by atoms with Gasteiger partial charge in [0, 0.05) is 17.7 Å². The van der Waals surface area contributed by atoms with E-state index in [1.807, 2.05) is 0 Å². The predicted molar refractivity (Wildman–Crippen MR) is 71.5 cm³/mol. The Morgan fingerprint density at radius 1 is 1.41 bits per heavy atom. The standard InChI is InChI=1S/C14H25N3/c1-6-11-9-13(14(2,3)4)17(15-11)12-7-8-16(5)10-12/h9,12H,6-8,10H2,1-5H3. The fraction of sp³-hybridized carbons (Fsp3) is 0.786. The lowest BCUT2D eigenvalue weighted by Crippen LogP contribution is -2.24. The zero-order chi connectivity index (χ0) is 12.6. The van der Waals surface area contributed by atoms with Crippen molar-refractivity contribution in [1.29, 1.82) is 0 Å². The summed E-state index contributed by atoms with van der Waals surface area (Å²) in [5, 5.41) is 4.80. The van der Waals surface area contributed by atoms with E-state index in [0.717, 1.165) is 13.0 Å². The van der Waals surface area contributed by atoms with E-state index in [1.165, 1.54) is 24.4 Å². The van der Waals surface area contributed by atoms with Gasteiger partial charge < -0.3 is 4.90 Å². The van der Waals surface area contributed by atoms with Crippen LogP contribution in [-0.4, -0.2) is 34.8 Å². The van der Waals surface area contributed by atoms with Crippen molar-refractivity contribution in [2.75, 3.05) is 20.1 Å². The fourth-order valence-corrected chi connectivity index (χ4v) is 2.57. The number of hydrogen-bond donors (Lipinski definition) is 0.